The van der Waals surface area contributed by atoms with Crippen LogP contribution in [-0.2, 0) is 14.3 Å². The zero-order valence-electron chi connectivity index (χ0n) is 41.1. The molecule has 0 radical (unpaired) electrons. The Morgan fingerprint density at radius 1 is 0.452 bits per heavy atom. The molecule has 0 aromatic rings. The highest BCUT2D eigenvalue weighted by Crippen LogP contribution is 2.15. The first-order valence-electron chi connectivity index (χ1n) is 26.9. The molecule has 0 bridgehead atoms. The van der Waals surface area contributed by atoms with Gasteiger partial charge in [0.2, 0.25) is 5.91 Å². The predicted molar refractivity (Wildman–Crippen MR) is 269 cm³/mol. The van der Waals surface area contributed by atoms with Gasteiger partial charge in [-0.2, -0.15) is 0 Å². The molecule has 1 amide bonds. The number of aliphatic hydroxyl groups is 2. The van der Waals surface area contributed by atoms with Crippen molar-refractivity contribution in [3.8, 4) is 0 Å². The normalized spacial score (nSPS) is 13.0. The summed E-state index contributed by atoms with van der Waals surface area (Å²) in [5.74, 6) is -0.127. The lowest BCUT2D eigenvalue weighted by atomic mass is 10.0. The Bertz CT molecular complexity index is 1050. The van der Waals surface area contributed by atoms with E-state index in [2.05, 4.69) is 55.6 Å². The average molecular weight is 870 g/mol. The Labute approximate surface area is 385 Å². The fourth-order valence-electron chi connectivity index (χ4n) is 7.89. The molecule has 0 saturated carbocycles. The lowest BCUT2D eigenvalue weighted by molar-refractivity contribution is -0.143. The Kier molecular flexibility index (Phi) is 49.6. The quantitative estimate of drug-likeness (QED) is 0.0322. The lowest BCUT2D eigenvalue weighted by Gasteiger charge is -2.19. The first kappa shape index (κ1) is 59.8. The van der Waals surface area contributed by atoms with Crippen LogP contribution in [0.15, 0.2) is 48.6 Å². The van der Waals surface area contributed by atoms with E-state index in [1.54, 1.807) is 6.08 Å². The maximum absolute atomic E-state index is 12.4. The van der Waals surface area contributed by atoms with Crippen molar-refractivity contribution in [1.29, 1.82) is 0 Å². The second kappa shape index (κ2) is 51.5. The number of amides is 1. The number of rotatable bonds is 49. The van der Waals surface area contributed by atoms with Gasteiger partial charge in [0, 0.05) is 12.8 Å². The van der Waals surface area contributed by atoms with E-state index < -0.39 is 12.1 Å². The van der Waals surface area contributed by atoms with E-state index in [1.165, 1.54) is 161 Å². The van der Waals surface area contributed by atoms with Gasteiger partial charge in [0.1, 0.15) is 0 Å². The van der Waals surface area contributed by atoms with E-state index in [9.17, 15) is 19.8 Å². The van der Waals surface area contributed by atoms with Crippen LogP contribution < -0.4 is 5.32 Å². The Morgan fingerprint density at radius 3 is 1.27 bits per heavy atom. The third-order valence-corrected chi connectivity index (χ3v) is 12.1. The number of hydrogen-bond donors (Lipinski definition) is 3. The zero-order valence-corrected chi connectivity index (χ0v) is 41.1. The molecule has 6 heteroatoms. The standard InChI is InChI=1S/C56H103NO5/c1-3-5-7-9-11-13-15-17-19-21-24-28-32-36-40-44-48-54(59)53(52-58)57-55(60)49-45-41-37-33-29-25-23-27-31-35-39-43-47-51-62-56(61)50-46-42-38-34-30-26-22-20-18-16-14-12-10-8-6-4-2/h14,16,20,22,25,29,44,48,53-54,58-59H,3-13,15,17-19,21,23-24,26-28,30-43,45-47,49-52H2,1-2H3,(H,57,60)/b16-14-,22-20-,29-25-,48-44+. The van der Waals surface area contributed by atoms with Gasteiger partial charge in [-0.05, 0) is 89.9 Å². The summed E-state index contributed by atoms with van der Waals surface area (Å²) < 4.78 is 5.45. The van der Waals surface area contributed by atoms with E-state index in [0.717, 1.165) is 83.5 Å². The number of carbonyl (C=O) groups is 2. The molecule has 362 valence electrons. The molecule has 0 aliphatic heterocycles. The molecule has 3 N–H and O–H groups in total. The predicted octanol–water partition coefficient (Wildman–Crippen LogP) is 16.2. The average Bonchev–Trinajstić information content (AvgIpc) is 3.27. The second-order valence-corrected chi connectivity index (χ2v) is 18.2. The van der Waals surface area contributed by atoms with E-state index >= 15 is 0 Å². The molecule has 0 aromatic heterocycles. The fraction of sp³-hybridized carbons (Fsp3) is 0.821. The minimum atomic E-state index is -0.863. The van der Waals surface area contributed by atoms with Gasteiger partial charge in [0.05, 0.1) is 25.4 Å². The molecule has 0 aliphatic carbocycles. The van der Waals surface area contributed by atoms with Gasteiger partial charge in [0.15, 0.2) is 0 Å². The van der Waals surface area contributed by atoms with Gasteiger partial charge >= 0.3 is 5.97 Å². The Balaban J connectivity index is 3.55. The van der Waals surface area contributed by atoms with Crippen LogP contribution in [0, 0.1) is 0 Å². The number of esters is 1. The Hall–Kier alpha value is -2.18. The van der Waals surface area contributed by atoms with E-state index in [0.29, 0.717) is 19.4 Å². The van der Waals surface area contributed by atoms with Crippen molar-refractivity contribution in [1.82, 2.24) is 5.32 Å². The van der Waals surface area contributed by atoms with Gasteiger partial charge in [-0.3, -0.25) is 9.59 Å². The molecule has 0 rings (SSSR count). The molecule has 62 heavy (non-hydrogen) atoms. The summed E-state index contributed by atoms with van der Waals surface area (Å²) in [5.41, 5.74) is 0. The smallest absolute Gasteiger partial charge is 0.305 e. The maximum Gasteiger partial charge on any atom is 0.305 e. The van der Waals surface area contributed by atoms with Crippen molar-refractivity contribution in [2.45, 2.75) is 283 Å². The number of unbranched alkanes of at least 4 members (excludes halogenated alkanes) is 32. The van der Waals surface area contributed by atoms with Crippen molar-refractivity contribution in [3.05, 3.63) is 48.6 Å². The molecule has 0 aliphatic rings. The molecule has 0 saturated heterocycles. The highest BCUT2D eigenvalue weighted by molar-refractivity contribution is 5.76. The van der Waals surface area contributed by atoms with Crippen LogP contribution in [0.5, 0.6) is 0 Å². The van der Waals surface area contributed by atoms with Gasteiger partial charge in [-0.15, -0.1) is 0 Å². The lowest BCUT2D eigenvalue weighted by Crippen LogP contribution is -2.45. The van der Waals surface area contributed by atoms with Crippen molar-refractivity contribution in [2.75, 3.05) is 13.2 Å². The van der Waals surface area contributed by atoms with Crippen molar-refractivity contribution < 1.29 is 24.5 Å². The first-order chi connectivity index (χ1) is 30.5. The highest BCUT2D eigenvalue weighted by Gasteiger charge is 2.18. The third-order valence-electron chi connectivity index (χ3n) is 12.1. The number of ether oxygens (including phenoxy) is 1. The van der Waals surface area contributed by atoms with Crippen LogP contribution in [0.4, 0.5) is 0 Å². The van der Waals surface area contributed by atoms with Crippen LogP contribution in [0.25, 0.3) is 0 Å². The minimum Gasteiger partial charge on any atom is -0.466 e. The summed E-state index contributed by atoms with van der Waals surface area (Å²) in [7, 11) is 0. The summed E-state index contributed by atoms with van der Waals surface area (Å²) in [5, 5.41) is 23.1. The molecule has 2 unspecified atom stereocenters. The number of carbonyl (C=O) groups excluding carboxylic acids is 2. The van der Waals surface area contributed by atoms with Crippen LogP contribution in [0.3, 0.4) is 0 Å². The number of nitrogens with one attached hydrogen (secondary N) is 1. The summed E-state index contributed by atoms with van der Waals surface area (Å²) in [6, 6.07) is -0.650. The van der Waals surface area contributed by atoms with Crippen LogP contribution in [0.1, 0.15) is 271 Å². The number of aliphatic hydroxyl groups excluding tert-OH is 2. The maximum atomic E-state index is 12.4. The molecular weight excluding hydrogens is 767 g/mol. The summed E-state index contributed by atoms with van der Waals surface area (Å²) in [6.45, 7) is 4.83. The Morgan fingerprint density at radius 2 is 0.806 bits per heavy atom. The summed E-state index contributed by atoms with van der Waals surface area (Å²) in [6.07, 6.45) is 64.0. The molecule has 0 spiro atoms. The van der Waals surface area contributed by atoms with E-state index in [1.807, 2.05) is 6.08 Å². The first-order valence-corrected chi connectivity index (χ1v) is 26.9. The highest BCUT2D eigenvalue weighted by atomic mass is 16.5. The van der Waals surface area contributed by atoms with E-state index in [-0.39, 0.29) is 18.5 Å². The van der Waals surface area contributed by atoms with Crippen LogP contribution >= 0.6 is 0 Å². The van der Waals surface area contributed by atoms with E-state index in [4.69, 9.17) is 4.74 Å². The van der Waals surface area contributed by atoms with Crippen LogP contribution in [-0.4, -0.2) is 47.4 Å². The summed E-state index contributed by atoms with van der Waals surface area (Å²) in [4.78, 5) is 24.5. The van der Waals surface area contributed by atoms with Crippen molar-refractivity contribution >= 4 is 11.9 Å². The fourth-order valence-corrected chi connectivity index (χ4v) is 7.89. The SMILES string of the molecule is CCCCCC/C=C\C/C=C\CCCCCCCC(=O)OCCCCCCCC/C=C\CCCCCC(=O)NC(CO)C(O)/C=C/CCCCCCCCCCCCCCCC. The molecule has 2 atom stereocenters. The monoisotopic (exact) mass is 870 g/mol. The van der Waals surface area contributed by atoms with Crippen molar-refractivity contribution in [3.63, 3.8) is 0 Å². The van der Waals surface area contributed by atoms with Crippen LogP contribution in [0.2, 0.25) is 0 Å². The second-order valence-electron chi connectivity index (χ2n) is 18.2. The molecule has 0 aromatic carbocycles. The van der Waals surface area contributed by atoms with Gasteiger partial charge in [-0.25, -0.2) is 0 Å². The minimum absolute atomic E-state index is 0.0281. The summed E-state index contributed by atoms with van der Waals surface area (Å²) >= 11 is 0. The van der Waals surface area contributed by atoms with Gasteiger partial charge in [0.25, 0.3) is 0 Å². The molecular formula is C56H103NO5. The molecule has 6 nitrogen and oxygen atoms in total. The zero-order chi connectivity index (χ0) is 45.1. The van der Waals surface area contributed by atoms with Gasteiger partial charge < -0.3 is 20.3 Å². The number of allylic oxidation sites excluding steroid dienone is 7. The van der Waals surface area contributed by atoms with Gasteiger partial charge in [-0.1, -0.05) is 217 Å². The van der Waals surface area contributed by atoms with Crippen molar-refractivity contribution in [2.24, 2.45) is 0 Å². The third kappa shape index (κ3) is 47.3. The number of hydrogen-bond acceptors (Lipinski definition) is 5. The molecule has 0 heterocycles. The molecule has 0 fully saturated rings. The largest absolute Gasteiger partial charge is 0.466 e. The topological polar surface area (TPSA) is 95.9 Å².